The number of nitrogens with zero attached hydrogens (tertiary/aromatic N) is 2. The average Bonchev–Trinajstić information content (AvgIpc) is 3.10. The molecule has 3 aromatic rings. The van der Waals surface area contributed by atoms with Crippen molar-refractivity contribution in [3.05, 3.63) is 65.4 Å². The summed E-state index contributed by atoms with van der Waals surface area (Å²) in [6.45, 7) is 1.69. The molecule has 1 amide bonds. The van der Waals surface area contributed by atoms with Crippen LogP contribution in [0, 0.1) is 0 Å². The molecule has 25 heavy (non-hydrogen) atoms. The third-order valence-corrected chi connectivity index (χ3v) is 5.33. The number of carbonyl (C=O) groups excluding carboxylic acids is 1. The van der Waals surface area contributed by atoms with Crippen molar-refractivity contribution in [1.29, 1.82) is 0 Å². The molecule has 0 aliphatic carbocycles. The van der Waals surface area contributed by atoms with Crippen LogP contribution in [0.1, 0.15) is 21.6 Å². The van der Waals surface area contributed by atoms with Crippen molar-refractivity contribution in [2.45, 2.75) is 0 Å². The van der Waals surface area contributed by atoms with E-state index in [4.69, 9.17) is 0 Å². The number of H-pyrrole nitrogens is 1. The molecule has 1 aliphatic rings. The Bertz CT molecular complexity index is 908. The number of para-hydroxylation sites is 1. The van der Waals surface area contributed by atoms with Gasteiger partial charge in [0.25, 0.3) is 5.91 Å². The summed E-state index contributed by atoms with van der Waals surface area (Å²) in [5, 5.41) is 8.48. The Morgan fingerprint density at radius 3 is 2.60 bits per heavy atom. The van der Waals surface area contributed by atoms with Gasteiger partial charge in [0.2, 0.25) is 0 Å². The molecule has 0 bridgehead atoms. The fourth-order valence-electron chi connectivity index (χ4n) is 2.97. The van der Waals surface area contributed by atoms with Crippen molar-refractivity contribution in [3.63, 3.8) is 0 Å². The molecular weight excluding hydrogens is 330 g/mol. The Hall–Kier alpha value is -2.53. The third-order valence-electron chi connectivity index (χ3n) is 4.39. The second-order valence-electron chi connectivity index (χ2n) is 6.01. The molecule has 0 atom stereocenters. The summed E-state index contributed by atoms with van der Waals surface area (Å²) in [5.41, 5.74) is 3.76. The molecular formula is C20H19N3OS. The molecule has 2 heterocycles. The summed E-state index contributed by atoms with van der Waals surface area (Å²) < 4.78 is 0. The lowest BCUT2D eigenvalue weighted by atomic mass is 10.1. The van der Waals surface area contributed by atoms with Crippen LogP contribution in [0.15, 0.2) is 48.5 Å². The van der Waals surface area contributed by atoms with Crippen LogP contribution in [-0.2, 0) is 0 Å². The van der Waals surface area contributed by atoms with Crippen LogP contribution in [0.3, 0.4) is 0 Å². The van der Waals surface area contributed by atoms with E-state index in [9.17, 15) is 4.79 Å². The molecule has 1 aliphatic heterocycles. The predicted octanol–water partition coefficient (Wildman–Crippen LogP) is 3.92. The highest BCUT2D eigenvalue weighted by Gasteiger charge is 2.17. The highest BCUT2D eigenvalue weighted by atomic mass is 32.2. The quantitative estimate of drug-likeness (QED) is 0.780. The Balaban J connectivity index is 1.49. The van der Waals surface area contributed by atoms with Gasteiger partial charge in [-0.1, -0.05) is 36.4 Å². The molecule has 0 unspecified atom stereocenters. The van der Waals surface area contributed by atoms with Gasteiger partial charge in [0.05, 0.1) is 11.2 Å². The van der Waals surface area contributed by atoms with E-state index in [-0.39, 0.29) is 5.91 Å². The fraction of sp³-hybridized carbons (Fsp3) is 0.200. The van der Waals surface area contributed by atoms with E-state index in [0.717, 1.165) is 52.3 Å². The van der Waals surface area contributed by atoms with Gasteiger partial charge in [0, 0.05) is 35.5 Å². The van der Waals surface area contributed by atoms with Gasteiger partial charge in [0.1, 0.15) is 0 Å². The van der Waals surface area contributed by atoms with E-state index in [0.29, 0.717) is 0 Å². The molecule has 5 heteroatoms. The zero-order chi connectivity index (χ0) is 17.1. The van der Waals surface area contributed by atoms with Crippen molar-refractivity contribution < 1.29 is 4.79 Å². The van der Waals surface area contributed by atoms with Crippen LogP contribution >= 0.6 is 11.8 Å². The average molecular weight is 349 g/mol. The maximum atomic E-state index is 12.5. The Labute approximate surface area is 150 Å². The van der Waals surface area contributed by atoms with E-state index in [1.165, 1.54) is 0 Å². The SMILES string of the molecule is O=C(c1ccc(C=Cc2n[nH]c3ccccc23)cc1)N1CCSCC1. The second kappa shape index (κ2) is 7.15. The number of hydrogen-bond donors (Lipinski definition) is 1. The Morgan fingerprint density at radius 2 is 1.80 bits per heavy atom. The minimum Gasteiger partial charge on any atom is -0.337 e. The minimum absolute atomic E-state index is 0.133. The van der Waals surface area contributed by atoms with E-state index in [1.54, 1.807) is 0 Å². The van der Waals surface area contributed by atoms with Crippen molar-refractivity contribution in [3.8, 4) is 0 Å². The molecule has 0 spiro atoms. The number of amides is 1. The Morgan fingerprint density at radius 1 is 1.04 bits per heavy atom. The molecule has 126 valence electrons. The predicted molar refractivity (Wildman–Crippen MR) is 105 cm³/mol. The zero-order valence-corrected chi connectivity index (χ0v) is 14.6. The number of aromatic nitrogens is 2. The van der Waals surface area contributed by atoms with Gasteiger partial charge in [-0.3, -0.25) is 9.89 Å². The highest BCUT2D eigenvalue weighted by Crippen LogP contribution is 2.18. The van der Waals surface area contributed by atoms with Gasteiger partial charge in [-0.15, -0.1) is 0 Å². The number of aromatic amines is 1. The number of rotatable bonds is 3. The number of thioether (sulfide) groups is 1. The highest BCUT2D eigenvalue weighted by molar-refractivity contribution is 7.99. The summed E-state index contributed by atoms with van der Waals surface area (Å²) in [4.78, 5) is 14.4. The van der Waals surface area contributed by atoms with Crippen molar-refractivity contribution >= 4 is 40.7 Å². The van der Waals surface area contributed by atoms with Crippen LogP contribution in [0.25, 0.3) is 23.1 Å². The monoisotopic (exact) mass is 349 g/mol. The van der Waals surface area contributed by atoms with Gasteiger partial charge < -0.3 is 4.90 Å². The van der Waals surface area contributed by atoms with Gasteiger partial charge in [-0.25, -0.2) is 0 Å². The summed E-state index contributed by atoms with van der Waals surface area (Å²) in [7, 11) is 0. The van der Waals surface area contributed by atoms with E-state index in [2.05, 4.69) is 16.3 Å². The molecule has 0 saturated carbocycles. The van der Waals surface area contributed by atoms with E-state index in [1.807, 2.05) is 71.3 Å². The van der Waals surface area contributed by atoms with Gasteiger partial charge in [0.15, 0.2) is 0 Å². The summed E-state index contributed by atoms with van der Waals surface area (Å²) >= 11 is 1.91. The fourth-order valence-corrected chi connectivity index (χ4v) is 3.88. The van der Waals surface area contributed by atoms with Crippen molar-refractivity contribution in [1.82, 2.24) is 15.1 Å². The summed E-state index contributed by atoms with van der Waals surface area (Å²) in [6.07, 6.45) is 4.02. The number of nitrogens with one attached hydrogen (secondary N) is 1. The number of fused-ring (bicyclic) bond motifs is 1. The molecule has 1 N–H and O–H groups in total. The van der Waals surface area contributed by atoms with Crippen molar-refractivity contribution in [2.24, 2.45) is 0 Å². The van der Waals surface area contributed by atoms with E-state index < -0.39 is 0 Å². The zero-order valence-electron chi connectivity index (χ0n) is 13.8. The lowest BCUT2D eigenvalue weighted by molar-refractivity contribution is 0.0772. The Kier molecular flexibility index (Phi) is 4.57. The van der Waals surface area contributed by atoms with Crippen LogP contribution in [-0.4, -0.2) is 45.6 Å². The number of hydrogen-bond acceptors (Lipinski definition) is 3. The lowest BCUT2D eigenvalue weighted by Gasteiger charge is -2.26. The van der Waals surface area contributed by atoms with Gasteiger partial charge >= 0.3 is 0 Å². The first-order valence-electron chi connectivity index (χ1n) is 8.39. The largest absolute Gasteiger partial charge is 0.337 e. The number of carbonyl (C=O) groups is 1. The summed E-state index contributed by atoms with van der Waals surface area (Å²) in [6, 6.07) is 15.9. The van der Waals surface area contributed by atoms with Crippen LogP contribution in [0.4, 0.5) is 0 Å². The molecule has 4 rings (SSSR count). The molecule has 2 aromatic carbocycles. The normalized spacial score (nSPS) is 15.1. The molecule has 1 aromatic heterocycles. The van der Waals surface area contributed by atoms with Crippen LogP contribution in [0.5, 0.6) is 0 Å². The third kappa shape index (κ3) is 3.46. The molecule has 0 radical (unpaired) electrons. The lowest BCUT2D eigenvalue weighted by Crippen LogP contribution is -2.37. The molecule has 4 nitrogen and oxygen atoms in total. The topological polar surface area (TPSA) is 49.0 Å². The van der Waals surface area contributed by atoms with E-state index >= 15 is 0 Å². The maximum Gasteiger partial charge on any atom is 0.253 e. The minimum atomic E-state index is 0.133. The molecule has 1 saturated heterocycles. The van der Waals surface area contributed by atoms with Crippen molar-refractivity contribution in [2.75, 3.05) is 24.6 Å². The van der Waals surface area contributed by atoms with Gasteiger partial charge in [-0.2, -0.15) is 16.9 Å². The molecule has 1 fully saturated rings. The standard InChI is InChI=1S/C20H19N3OS/c24-20(23-11-13-25-14-12-23)16-8-5-15(6-9-16)7-10-19-17-3-1-2-4-18(17)21-22-19/h1-10H,11-14H2,(H,21,22). The first-order valence-corrected chi connectivity index (χ1v) is 9.55. The van der Waals surface area contributed by atoms with Crippen LogP contribution in [0.2, 0.25) is 0 Å². The van der Waals surface area contributed by atoms with Crippen LogP contribution < -0.4 is 0 Å². The second-order valence-corrected chi connectivity index (χ2v) is 7.24. The smallest absolute Gasteiger partial charge is 0.253 e. The first kappa shape index (κ1) is 16.0. The maximum absolute atomic E-state index is 12.5. The summed E-state index contributed by atoms with van der Waals surface area (Å²) in [5.74, 6) is 2.20. The van der Waals surface area contributed by atoms with Gasteiger partial charge in [-0.05, 0) is 29.8 Å². The first-order chi connectivity index (χ1) is 12.3. The number of benzene rings is 2.